The normalized spacial score (nSPS) is 9.42. The van der Waals surface area contributed by atoms with Crippen LogP contribution in [0.3, 0.4) is 0 Å². The van der Waals surface area contributed by atoms with Gasteiger partial charge in [-0.05, 0) is 6.92 Å². The third-order valence-electron chi connectivity index (χ3n) is 1.39. The number of nitrogens with one attached hydrogen (secondary N) is 1. The number of hydrogen-bond donors (Lipinski definition) is 1. The number of aromatic amines is 1. The van der Waals surface area contributed by atoms with Crippen LogP contribution in [0.1, 0.15) is 17.3 Å². The highest BCUT2D eigenvalue weighted by atomic mass is 16.5. The van der Waals surface area contributed by atoms with Crippen molar-refractivity contribution in [2.75, 3.05) is 12.3 Å². The minimum Gasteiger partial charge on any atom is -0.462 e. The van der Waals surface area contributed by atoms with Crippen LogP contribution < -0.4 is 10.7 Å². The van der Waals surface area contributed by atoms with Gasteiger partial charge in [0.15, 0.2) is 12.4 Å². The first kappa shape index (κ1) is 8.52. The maximum absolute atomic E-state index is 11.1. The molecule has 0 aliphatic carbocycles. The standard InChI is InChI=1S/C8H10N2O2/c1-2-12-8(11)6-5-10-4-3-7(6)9/h3-5H,2H2,1H3,(H2,9,10)/p+1. The molecule has 3 N–H and O–H groups in total. The van der Waals surface area contributed by atoms with Crippen molar-refractivity contribution in [2.45, 2.75) is 6.92 Å². The van der Waals surface area contributed by atoms with Crippen molar-refractivity contribution < 1.29 is 14.5 Å². The van der Waals surface area contributed by atoms with Crippen LogP contribution in [-0.4, -0.2) is 12.6 Å². The lowest BCUT2D eigenvalue weighted by Crippen LogP contribution is -2.12. The molecule has 1 aromatic rings. The molecule has 0 amide bonds. The predicted octanol–water partition coefficient (Wildman–Crippen LogP) is 0.260. The molecule has 0 aliphatic heterocycles. The van der Waals surface area contributed by atoms with E-state index in [0.29, 0.717) is 17.9 Å². The lowest BCUT2D eigenvalue weighted by molar-refractivity contribution is -0.378. The van der Waals surface area contributed by atoms with E-state index >= 15 is 0 Å². The molecular formula is C8H11N2O2+. The minimum absolute atomic E-state index is 0.354. The Labute approximate surface area is 70.4 Å². The van der Waals surface area contributed by atoms with Crippen LogP contribution in [0.5, 0.6) is 0 Å². The fraction of sp³-hybridized carbons (Fsp3) is 0.250. The summed E-state index contributed by atoms with van der Waals surface area (Å²) in [6, 6.07) is 1.62. The zero-order valence-corrected chi connectivity index (χ0v) is 6.83. The average Bonchev–Trinajstić information content (AvgIpc) is 2.05. The molecule has 0 atom stereocenters. The third kappa shape index (κ3) is 1.72. The van der Waals surface area contributed by atoms with E-state index in [1.807, 2.05) is 0 Å². The van der Waals surface area contributed by atoms with Gasteiger partial charge in [0.05, 0.1) is 12.3 Å². The Bertz CT molecular complexity index is 286. The number of aromatic nitrogens is 1. The molecule has 0 saturated carbocycles. The summed E-state index contributed by atoms with van der Waals surface area (Å²) >= 11 is 0. The van der Waals surface area contributed by atoms with Crippen molar-refractivity contribution >= 4 is 11.7 Å². The molecular weight excluding hydrogens is 156 g/mol. The number of ether oxygens (including phenoxy) is 1. The van der Waals surface area contributed by atoms with Crippen LogP contribution in [0.2, 0.25) is 0 Å². The summed E-state index contributed by atoms with van der Waals surface area (Å²) in [5, 5.41) is 0. The smallest absolute Gasteiger partial charge is 0.346 e. The van der Waals surface area contributed by atoms with Gasteiger partial charge in [-0.2, -0.15) is 0 Å². The molecule has 1 aromatic heterocycles. The summed E-state index contributed by atoms with van der Waals surface area (Å²) in [5.41, 5.74) is 6.33. The highest BCUT2D eigenvalue weighted by Crippen LogP contribution is 2.07. The molecule has 4 heteroatoms. The maximum atomic E-state index is 11.1. The summed E-state index contributed by atoms with van der Waals surface area (Å²) < 4.78 is 4.77. The fourth-order valence-corrected chi connectivity index (χ4v) is 0.828. The highest BCUT2D eigenvalue weighted by molar-refractivity contribution is 5.94. The molecule has 0 fully saturated rings. The van der Waals surface area contributed by atoms with Gasteiger partial charge in [-0.3, -0.25) is 0 Å². The maximum Gasteiger partial charge on any atom is 0.346 e. The Morgan fingerprint density at radius 1 is 1.75 bits per heavy atom. The Morgan fingerprint density at radius 3 is 3.08 bits per heavy atom. The van der Waals surface area contributed by atoms with Crippen molar-refractivity contribution in [3.8, 4) is 0 Å². The molecule has 64 valence electrons. The van der Waals surface area contributed by atoms with Gasteiger partial charge < -0.3 is 10.5 Å². The summed E-state index contributed by atoms with van der Waals surface area (Å²) in [7, 11) is 0. The number of hydrogen-bond acceptors (Lipinski definition) is 3. The second-order valence-corrected chi connectivity index (χ2v) is 2.23. The topological polar surface area (TPSA) is 66.5 Å². The Morgan fingerprint density at radius 2 is 2.50 bits per heavy atom. The molecule has 0 saturated heterocycles. The summed E-state index contributed by atoms with van der Waals surface area (Å²) in [4.78, 5) is 13.9. The molecule has 0 spiro atoms. The van der Waals surface area contributed by atoms with E-state index in [9.17, 15) is 4.79 Å². The van der Waals surface area contributed by atoms with Crippen molar-refractivity contribution in [3.63, 3.8) is 0 Å². The molecule has 12 heavy (non-hydrogen) atoms. The molecule has 0 radical (unpaired) electrons. The fourth-order valence-electron chi connectivity index (χ4n) is 0.828. The Balaban J connectivity index is 2.87. The molecule has 0 aromatic carbocycles. The Hall–Kier alpha value is -1.58. The molecule has 1 rings (SSSR count). The average molecular weight is 167 g/mol. The van der Waals surface area contributed by atoms with Crippen LogP contribution in [0, 0.1) is 0 Å². The van der Waals surface area contributed by atoms with Gasteiger partial charge in [0, 0.05) is 6.07 Å². The van der Waals surface area contributed by atoms with E-state index in [1.54, 1.807) is 19.2 Å². The van der Waals surface area contributed by atoms with E-state index < -0.39 is 5.97 Å². The van der Waals surface area contributed by atoms with E-state index in [2.05, 4.69) is 4.98 Å². The van der Waals surface area contributed by atoms with Crippen LogP contribution in [0.25, 0.3) is 0 Å². The number of rotatable bonds is 2. The van der Waals surface area contributed by atoms with Gasteiger partial charge in [-0.15, -0.1) is 0 Å². The van der Waals surface area contributed by atoms with E-state index in [1.165, 1.54) is 6.20 Å². The highest BCUT2D eigenvalue weighted by Gasteiger charge is 2.12. The molecule has 4 nitrogen and oxygen atoms in total. The molecule has 1 heterocycles. The number of anilines is 1. The van der Waals surface area contributed by atoms with Gasteiger partial charge >= 0.3 is 5.97 Å². The number of carbonyl (C=O) groups excluding carboxylic acids is 1. The Kier molecular flexibility index (Phi) is 2.63. The minimum atomic E-state index is -0.396. The van der Waals surface area contributed by atoms with Gasteiger partial charge in [0.25, 0.3) is 0 Å². The van der Waals surface area contributed by atoms with Crippen molar-refractivity contribution in [1.82, 2.24) is 0 Å². The summed E-state index contributed by atoms with van der Waals surface area (Å²) in [5.74, 6) is -0.396. The lowest BCUT2D eigenvalue weighted by atomic mass is 10.2. The van der Waals surface area contributed by atoms with Crippen LogP contribution >= 0.6 is 0 Å². The first-order chi connectivity index (χ1) is 5.75. The van der Waals surface area contributed by atoms with Crippen molar-refractivity contribution in [1.29, 1.82) is 0 Å². The number of nitrogens with two attached hydrogens (primary N) is 1. The van der Waals surface area contributed by atoms with Crippen LogP contribution in [0.15, 0.2) is 18.5 Å². The van der Waals surface area contributed by atoms with E-state index in [4.69, 9.17) is 10.5 Å². The zero-order valence-electron chi connectivity index (χ0n) is 6.83. The molecule has 0 bridgehead atoms. The van der Waals surface area contributed by atoms with Crippen molar-refractivity contribution in [3.05, 3.63) is 24.0 Å². The quantitative estimate of drug-likeness (QED) is 0.642. The summed E-state index contributed by atoms with van der Waals surface area (Å²) in [6.07, 6.45) is 3.17. The van der Waals surface area contributed by atoms with Gasteiger partial charge in [-0.1, -0.05) is 0 Å². The molecule has 0 unspecified atom stereocenters. The SMILES string of the molecule is CCOC(=O)c1c[nH+]ccc1N. The number of H-pyrrole nitrogens is 1. The van der Waals surface area contributed by atoms with Crippen LogP contribution in [-0.2, 0) is 4.74 Å². The largest absolute Gasteiger partial charge is 0.462 e. The summed E-state index contributed by atoms with van der Waals surface area (Å²) in [6.45, 7) is 2.11. The second-order valence-electron chi connectivity index (χ2n) is 2.23. The number of pyridine rings is 1. The predicted molar refractivity (Wildman–Crippen MR) is 43.4 cm³/mol. The van der Waals surface area contributed by atoms with Crippen LogP contribution in [0.4, 0.5) is 5.69 Å². The monoisotopic (exact) mass is 167 g/mol. The first-order valence-electron chi connectivity index (χ1n) is 3.68. The van der Waals surface area contributed by atoms with E-state index in [-0.39, 0.29) is 0 Å². The van der Waals surface area contributed by atoms with Gasteiger partial charge in [0.2, 0.25) is 0 Å². The lowest BCUT2D eigenvalue weighted by Gasteiger charge is -2.00. The van der Waals surface area contributed by atoms with E-state index in [0.717, 1.165) is 0 Å². The van der Waals surface area contributed by atoms with Gasteiger partial charge in [0.1, 0.15) is 5.56 Å². The number of nitrogen functional groups attached to an aromatic ring is 1. The third-order valence-corrected chi connectivity index (χ3v) is 1.39. The zero-order chi connectivity index (χ0) is 8.97. The number of carbonyl (C=O) groups is 1. The van der Waals surface area contributed by atoms with Crippen molar-refractivity contribution in [2.24, 2.45) is 0 Å². The number of esters is 1. The molecule has 0 aliphatic rings. The van der Waals surface area contributed by atoms with Gasteiger partial charge in [-0.25, -0.2) is 9.78 Å². The second kappa shape index (κ2) is 3.71. The first-order valence-corrected chi connectivity index (χ1v) is 3.68.